The van der Waals surface area contributed by atoms with Crippen LogP contribution in [-0.2, 0) is 39.9 Å². The molecule has 1 aromatic carbocycles. The van der Waals surface area contributed by atoms with Crippen LogP contribution in [0, 0.1) is 0 Å². The molecule has 3 N–H and O–H groups in total. The molecule has 11 heteroatoms. The topological polar surface area (TPSA) is 151 Å². The Hall–Kier alpha value is -3.60. The van der Waals surface area contributed by atoms with Gasteiger partial charge in [-0.1, -0.05) is 18.6 Å². The number of ether oxygens (including phenoxy) is 1. The number of amides is 5. The number of anilines is 1. The maximum atomic E-state index is 12.1. The first-order chi connectivity index (χ1) is 17.9. The van der Waals surface area contributed by atoms with Gasteiger partial charge in [-0.2, -0.15) is 0 Å². The van der Waals surface area contributed by atoms with E-state index in [0.717, 1.165) is 31.1 Å². The van der Waals surface area contributed by atoms with Gasteiger partial charge >= 0.3 is 0 Å². The molecule has 37 heavy (non-hydrogen) atoms. The lowest BCUT2D eigenvalue weighted by atomic mass is 10.1. The number of aldehydes is 1. The molecule has 0 aliphatic carbocycles. The maximum absolute atomic E-state index is 12.1. The third-order valence-electron chi connectivity index (χ3n) is 5.65. The molecule has 1 aromatic rings. The molecule has 202 valence electrons. The summed E-state index contributed by atoms with van der Waals surface area (Å²) in [7, 11) is 0. The maximum Gasteiger partial charge on any atom is 0.233 e. The van der Waals surface area contributed by atoms with Crippen molar-refractivity contribution in [2.24, 2.45) is 0 Å². The quantitative estimate of drug-likeness (QED) is 0.114. The van der Waals surface area contributed by atoms with Gasteiger partial charge in [0.05, 0.1) is 13.0 Å². The van der Waals surface area contributed by atoms with Gasteiger partial charge in [0.1, 0.15) is 12.7 Å². The molecule has 5 amide bonds. The van der Waals surface area contributed by atoms with Crippen LogP contribution >= 0.6 is 0 Å². The standard InChI is InChI=1S/C26H36N4O7/c31-15-4-2-1-3-12-27-22(32)6-5-16-37-17-13-28-23(33)19-24(34)29-21-9-7-20(8-10-21)18-26(36)30-14-11-25(30)35/h7-10,15H,1-6,11-14,16-19H2,(H,27,32)(H,28,33)(H,29,34). The predicted molar refractivity (Wildman–Crippen MR) is 135 cm³/mol. The molecular weight excluding hydrogens is 480 g/mol. The smallest absolute Gasteiger partial charge is 0.233 e. The number of hydrogen-bond donors (Lipinski definition) is 3. The number of likely N-dealkylation sites (tertiary alicyclic amines) is 1. The molecule has 1 saturated heterocycles. The number of nitrogens with zero attached hydrogens (tertiary/aromatic N) is 1. The Morgan fingerprint density at radius 3 is 2.32 bits per heavy atom. The SMILES string of the molecule is O=CCCCCCNC(=O)CCCOCCNC(=O)CC(=O)Nc1ccc(CC(=O)N2CCC2=O)cc1. The number of β-lactam (4-membered cyclic amide) rings is 1. The second-order valence-corrected chi connectivity index (χ2v) is 8.72. The van der Waals surface area contributed by atoms with E-state index in [4.69, 9.17) is 4.74 Å². The molecule has 0 spiro atoms. The molecular formula is C26H36N4O7. The van der Waals surface area contributed by atoms with E-state index in [1.165, 1.54) is 4.90 Å². The predicted octanol–water partition coefficient (Wildman–Crippen LogP) is 1.11. The number of carbonyl (C=O) groups excluding carboxylic acids is 6. The molecule has 1 fully saturated rings. The highest BCUT2D eigenvalue weighted by atomic mass is 16.5. The number of hydrogen-bond acceptors (Lipinski definition) is 7. The molecule has 0 radical (unpaired) electrons. The zero-order valence-corrected chi connectivity index (χ0v) is 21.1. The second kappa shape index (κ2) is 17.0. The van der Waals surface area contributed by atoms with E-state index in [2.05, 4.69) is 16.0 Å². The minimum absolute atomic E-state index is 0.0374. The average Bonchev–Trinajstić information content (AvgIpc) is 2.85. The summed E-state index contributed by atoms with van der Waals surface area (Å²) in [5, 5.41) is 8.07. The van der Waals surface area contributed by atoms with Crippen molar-refractivity contribution in [3.63, 3.8) is 0 Å². The van der Waals surface area contributed by atoms with Crippen molar-refractivity contribution in [3.8, 4) is 0 Å². The largest absolute Gasteiger partial charge is 0.380 e. The Morgan fingerprint density at radius 1 is 0.892 bits per heavy atom. The molecule has 0 bridgehead atoms. The van der Waals surface area contributed by atoms with Crippen LogP contribution < -0.4 is 16.0 Å². The summed E-state index contributed by atoms with van der Waals surface area (Å²) < 4.78 is 5.40. The Balaban J connectivity index is 1.48. The Kier molecular flexibility index (Phi) is 13.6. The lowest BCUT2D eigenvalue weighted by Gasteiger charge is -2.28. The molecule has 0 atom stereocenters. The fraction of sp³-hybridized carbons (Fsp3) is 0.538. The van der Waals surface area contributed by atoms with Crippen LogP contribution in [-0.4, -0.2) is 73.6 Å². The third kappa shape index (κ3) is 12.3. The molecule has 0 aromatic heterocycles. The van der Waals surface area contributed by atoms with Crippen molar-refractivity contribution in [1.29, 1.82) is 0 Å². The number of unbranched alkanes of at least 4 members (excludes halogenated alkanes) is 3. The summed E-state index contributed by atoms with van der Waals surface area (Å²) in [5.74, 6) is -1.34. The van der Waals surface area contributed by atoms with Crippen molar-refractivity contribution < 1.29 is 33.5 Å². The summed E-state index contributed by atoms with van der Waals surface area (Å²) in [6, 6.07) is 6.66. The molecule has 0 saturated carbocycles. The molecule has 2 rings (SSSR count). The van der Waals surface area contributed by atoms with Crippen LogP contribution in [0.2, 0.25) is 0 Å². The lowest BCUT2D eigenvalue weighted by Crippen LogP contribution is -2.48. The fourth-order valence-corrected chi connectivity index (χ4v) is 3.51. The third-order valence-corrected chi connectivity index (χ3v) is 5.65. The zero-order valence-electron chi connectivity index (χ0n) is 21.1. The summed E-state index contributed by atoms with van der Waals surface area (Å²) in [5.41, 5.74) is 1.22. The van der Waals surface area contributed by atoms with Crippen molar-refractivity contribution >= 4 is 41.5 Å². The first-order valence-corrected chi connectivity index (χ1v) is 12.7. The van der Waals surface area contributed by atoms with E-state index in [0.29, 0.717) is 51.1 Å². The van der Waals surface area contributed by atoms with Crippen LogP contribution in [0.1, 0.15) is 56.9 Å². The number of benzene rings is 1. The summed E-state index contributed by atoms with van der Waals surface area (Å²) in [6.45, 7) is 1.98. The molecule has 1 aliphatic rings. The summed E-state index contributed by atoms with van der Waals surface area (Å²) in [4.78, 5) is 70.5. The van der Waals surface area contributed by atoms with Gasteiger partial charge < -0.3 is 25.5 Å². The van der Waals surface area contributed by atoms with E-state index in [1.54, 1.807) is 24.3 Å². The molecule has 1 aliphatic heterocycles. The Bertz CT molecular complexity index is 933. The van der Waals surface area contributed by atoms with Crippen molar-refractivity contribution in [2.45, 2.75) is 57.8 Å². The zero-order chi connectivity index (χ0) is 26.9. The molecule has 11 nitrogen and oxygen atoms in total. The number of rotatable bonds is 18. The van der Waals surface area contributed by atoms with E-state index in [-0.39, 0.29) is 43.7 Å². The van der Waals surface area contributed by atoms with Crippen LogP contribution in [0.4, 0.5) is 5.69 Å². The minimum atomic E-state index is -0.469. The Labute approximate surface area is 216 Å². The van der Waals surface area contributed by atoms with Crippen LogP contribution in [0.5, 0.6) is 0 Å². The molecule has 0 unspecified atom stereocenters. The summed E-state index contributed by atoms with van der Waals surface area (Å²) >= 11 is 0. The number of imide groups is 1. The van der Waals surface area contributed by atoms with E-state index < -0.39 is 11.8 Å². The van der Waals surface area contributed by atoms with E-state index >= 15 is 0 Å². The van der Waals surface area contributed by atoms with Gasteiger partial charge in [-0.3, -0.25) is 28.9 Å². The van der Waals surface area contributed by atoms with Crippen molar-refractivity contribution in [3.05, 3.63) is 29.8 Å². The normalized spacial score (nSPS) is 12.4. The van der Waals surface area contributed by atoms with Gasteiger partial charge in [0.2, 0.25) is 29.5 Å². The Morgan fingerprint density at radius 2 is 1.65 bits per heavy atom. The van der Waals surface area contributed by atoms with E-state index in [9.17, 15) is 28.8 Å². The van der Waals surface area contributed by atoms with Gasteiger partial charge in [-0.15, -0.1) is 0 Å². The first kappa shape index (κ1) is 29.6. The van der Waals surface area contributed by atoms with Crippen LogP contribution in [0.25, 0.3) is 0 Å². The van der Waals surface area contributed by atoms with Gasteiger partial charge in [0, 0.05) is 51.2 Å². The van der Waals surface area contributed by atoms with Gasteiger partial charge in [-0.25, -0.2) is 0 Å². The molecule has 1 heterocycles. The monoisotopic (exact) mass is 516 g/mol. The average molecular weight is 517 g/mol. The van der Waals surface area contributed by atoms with E-state index in [1.807, 2.05) is 0 Å². The van der Waals surface area contributed by atoms with Crippen LogP contribution in [0.3, 0.4) is 0 Å². The fourth-order valence-electron chi connectivity index (χ4n) is 3.51. The number of carbonyl (C=O) groups is 6. The highest BCUT2D eigenvalue weighted by Gasteiger charge is 2.29. The number of nitrogens with one attached hydrogen (secondary N) is 3. The highest BCUT2D eigenvalue weighted by Crippen LogP contribution is 2.14. The summed E-state index contributed by atoms with van der Waals surface area (Å²) in [6.07, 6.45) is 5.17. The van der Waals surface area contributed by atoms with Gasteiger partial charge in [-0.05, 0) is 37.0 Å². The van der Waals surface area contributed by atoms with Crippen molar-refractivity contribution in [1.82, 2.24) is 15.5 Å². The lowest BCUT2D eigenvalue weighted by molar-refractivity contribution is -0.152. The second-order valence-electron chi connectivity index (χ2n) is 8.72. The highest BCUT2D eigenvalue weighted by molar-refractivity contribution is 6.03. The van der Waals surface area contributed by atoms with Gasteiger partial charge in [0.15, 0.2) is 0 Å². The van der Waals surface area contributed by atoms with Crippen LogP contribution in [0.15, 0.2) is 24.3 Å². The minimum Gasteiger partial charge on any atom is -0.380 e. The van der Waals surface area contributed by atoms with Gasteiger partial charge in [0.25, 0.3) is 0 Å². The first-order valence-electron chi connectivity index (χ1n) is 12.7. The van der Waals surface area contributed by atoms with Crippen molar-refractivity contribution in [2.75, 3.05) is 38.2 Å².